The van der Waals surface area contributed by atoms with Crippen molar-refractivity contribution in [3.63, 3.8) is 0 Å². The van der Waals surface area contributed by atoms with Crippen LogP contribution in [-0.4, -0.2) is 71.0 Å². The van der Waals surface area contributed by atoms with Crippen molar-refractivity contribution in [1.29, 1.82) is 5.26 Å². The van der Waals surface area contributed by atoms with Crippen molar-refractivity contribution in [1.82, 2.24) is 20.5 Å². The van der Waals surface area contributed by atoms with Crippen LogP contribution in [0, 0.1) is 11.3 Å². The number of carbonyl (C=O) groups excluding carboxylic acids is 5. The van der Waals surface area contributed by atoms with E-state index in [0.717, 1.165) is 76.9 Å². The van der Waals surface area contributed by atoms with Crippen LogP contribution in [0.25, 0.3) is 10.9 Å². The maximum absolute atomic E-state index is 14.1. The number of fused-ring (bicyclic) bond motifs is 5. The number of nitrogens with zero attached hydrogens (tertiary/aromatic N) is 3. The summed E-state index contributed by atoms with van der Waals surface area (Å²) >= 11 is 0. The molecule has 53 heavy (non-hydrogen) atoms. The van der Waals surface area contributed by atoms with E-state index in [-0.39, 0.29) is 55.5 Å². The summed E-state index contributed by atoms with van der Waals surface area (Å²) in [5.41, 5.74) is 8.23. The molecule has 4 heterocycles. The molecule has 4 aliphatic rings. The molecule has 3 aliphatic heterocycles. The Balaban J connectivity index is 0.922. The number of piperidine rings is 2. The number of benzene rings is 3. The van der Waals surface area contributed by atoms with Gasteiger partial charge < -0.3 is 25.4 Å². The standard InChI is InChI=1S/C41H41N7O5/c1-4-23-17-27-29(41(2,3)38-36(37(27)51)26-9-8-22(19-42)16-31(26)45-38)18-33(23)47-14-12-24(13-15-47)44-35(50)20-43-30-7-5-6-25-28(30)21-48(40(25)53)32-10-11-34(49)46-39(32)52/h5-9,16-18,24,32,43,45H,4,10-15,20-21H2,1-3H3,(H,44,50)(H,46,49,52). The normalized spacial score (nSPS) is 19.4. The highest BCUT2D eigenvalue weighted by Gasteiger charge is 2.42. The Hall–Kier alpha value is -5.96. The number of H-pyrrole nitrogens is 1. The first-order valence-electron chi connectivity index (χ1n) is 18.3. The molecule has 1 aliphatic carbocycles. The molecule has 2 saturated heterocycles. The molecule has 2 fully saturated rings. The summed E-state index contributed by atoms with van der Waals surface area (Å²) in [6.07, 6.45) is 2.77. The molecule has 1 atom stereocenters. The van der Waals surface area contributed by atoms with Crippen LogP contribution in [0.4, 0.5) is 11.4 Å². The molecule has 0 radical (unpaired) electrons. The van der Waals surface area contributed by atoms with Crippen molar-refractivity contribution in [3.05, 3.63) is 93.2 Å². The van der Waals surface area contributed by atoms with Gasteiger partial charge >= 0.3 is 0 Å². The SMILES string of the molecule is CCc1cc2c(cc1N1CCC(NC(=O)CNc3cccc4c3CN(C3CCC(=O)NC3=O)C4=O)CC1)C(C)(C)c1[nH]c3cc(C#N)ccc3c1C2=O. The smallest absolute Gasteiger partial charge is 0.255 e. The minimum atomic E-state index is -0.703. The summed E-state index contributed by atoms with van der Waals surface area (Å²) in [5.74, 6) is -1.19. The summed E-state index contributed by atoms with van der Waals surface area (Å²) in [6, 6.07) is 16.5. The number of ketones is 1. The third-order valence-electron chi connectivity index (χ3n) is 11.5. The lowest BCUT2D eigenvalue weighted by atomic mass is 9.70. The molecule has 0 bridgehead atoms. The van der Waals surface area contributed by atoms with E-state index in [1.165, 1.54) is 4.90 Å². The molecular formula is C41H41N7O5. The number of aromatic amines is 1. The maximum atomic E-state index is 14.1. The second-order valence-corrected chi connectivity index (χ2v) is 15.0. The molecule has 12 heteroatoms. The molecule has 3 aromatic carbocycles. The van der Waals surface area contributed by atoms with Crippen molar-refractivity contribution in [2.24, 2.45) is 0 Å². The quantitative estimate of drug-likeness (QED) is 0.204. The van der Waals surface area contributed by atoms with Crippen LogP contribution < -0.4 is 20.9 Å². The summed E-state index contributed by atoms with van der Waals surface area (Å²) in [6.45, 7) is 8.13. The first kappa shape index (κ1) is 34.1. The molecule has 8 rings (SSSR count). The number of rotatable bonds is 7. The van der Waals surface area contributed by atoms with Gasteiger partial charge in [0.1, 0.15) is 6.04 Å². The monoisotopic (exact) mass is 711 g/mol. The number of nitriles is 1. The fourth-order valence-corrected chi connectivity index (χ4v) is 8.63. The zero-order valence-corrected chi connectivity index (χ0v) is 30.0. The van der Waals surface area contributed by atoms with Gasteiger partial charge in [-0.15, -0.1) is 0 Å². The fraction of sp³-hybridized carbons (Fsp3) is 0.366. The fourth-order valence-electron chi connectivity index (χ4n) is 8.63. The van der Waals surface area contributed by atoms with Gasteiger partial charge in [-0.2, -0.15) is 5.26 Å². The molecular weight excluding hydrogens is 670 g/mol. The summed E-state index contributed by atoms with van der Waals surface area (Å²) in [7, 11) is 0. The van der Waals surface area contributed by atoms with Crippen LogP contribution in [0.5, 0.6) is 0 Å². The van der Waals surface area contributed by atoms with Gasteiger partial charge in [0.2, 0.25) is 17.7 Å². The number of amides is 4. The van der Waals surface area contributed by atoms with Gasteiger partial charge in [0.05, 0.1) is 23.7 Å². The molecule has 4 N–H and O–H groups in total. The number of hydrogen-bond acceptors (Lipinski definition) is 8. The third-order valence-corrected chi connectivity index (χ3v) is 11.5. The molecule has 4 amide bonds. The van der Waals surface area contributed by atoms with Crippen LogP contribution in [0.1, 0.15) is 101 Å². The highest BCUT2D eigenvalue weighted by atomic mass is 16.2. The minimum Gasteiger partial charge on any atom is -0.376 e. The van der Waals surface area contributed by atoms with Crippen molar-refractivity contribution in [2.45, 2.75) is 76.9 Å². The maximum Gasteiger partial charge on any atom is 0.255 e. The third kappa shape index (κ3) is 5.71. The van der Waals surface area contributed by atoms with E-state index < -0.39 is 17.4 Å². The van der Waals surface area contributed by atoms with E-state index in [1.54, 1.807) is 24.3 Å². The number of imide groups is 1. The van der Waals surface area contributed by atoms with E-state index in [0.29, 0.717) is 22.4 Å². The zero-order valence-electron chi connectivity index (χ0n) is 30.0. The Bertz CT molecular complexity index is 2290. The van der Waals surface area contributed by atoms with Crippen LogP contribution in [0.15, 0.2) is 48.5 Å². The molecule has 1 aromatic heterocycles. The van der Waals surface area contributed by atoms with Gasteiger partial charge in [-0.25, -0.2) is 0 Å². The molecule has 4 aromatic rings. The Morgan fingerprint density at radius 1 is 1.02 bits per heavy atom. The molecule has 1 unspecified atom stereocenters. The second-order valence-electron chi connectivity index (χ2n) is 15.0. The van der Waals surface area contributed by atoms with Gasteiger partial charge in [0, 0.05) is 82.2 Å². The van der Waals surface area contributed by atoms with E-state index in [4.69, 9.17) is 0 Å². The molecule has 270 valence electrons. The molecule has 12 nitrogen and oxygen atoms in total. The van der Waals surface area contributed by atoms with Crippen molar-refractivity contribution in [2.75, 3.05) is 29.9 Å². The van der Waals surface area contributed by atoms with Gasteiger partial charge in [-0.05, 0) is 73.2 Å². The lowest BCUT2D eigenvalue weighted by Crippen LogP contribution is -2.52. The van der Waals surface area contributed by atoms with Gasteiger partial charge in [0.25, 0.3) is 5.91 Å². The number of hydrogen-bond donors (Lipinski definition) is 4. The van der Waals surface area contributed by atoms with Crippen molar-refractivity contribution >= 4 is 51.7 Å². The lowest BCUT2D eigenvalue weighted by molar-refractivity contribution is -0.137. The second kappa shape index (κ2) is 12.9. The number of carbonyl (C=O) groups is 5. The van der Waals surface area contributed by atoms with E-state index in [9.17, 15) is 29.2 Å². The zero-order chi connectivity index (χ0) is 37.2. The van der Waals surface area contributed by atoms with Crippen LogP contribution >= 0.6 is 0 Å². The average Bonchev–Trinajstić information content (AvgIpc) is 3.71. The van der Waals surface area contributed by atoms with Crippen LogP contribution in [0.3, 0.4) is 0 Å². The van der Waals surface area contributed by atoms with Crippen molar-refractivity contribution in [3.8, 4) is 6.07 Å². The summed E-state index contributed by atoms with van der Waals surface area (Å²) in [4.78, 5) is 71.8. The number of aryl methyl sites for hydroxylation is 1. The molecule has 0 spiro atoms. The predicted molar refractivity (Wildman–Crippen MR) is 199 cm³/mol. The predicted octanol–water partition coefficient (Wildman–Crippen LogP) is 4.43. The largest absolute Gasteiger partial charge is 0.376 e. The highest BCUT2D eigenvalue weighted by Crippen LogP contribution is 2.46. The Labute approximate surface area is 306 Å². The van der Waals surface area contributed by atoms with Crippen LogP contribution in [-0.2, 0) is 32.8 Å². The number of anilines is 2. The Morgan fingerprint density at radius 3 is 2.55 bits per heavy atom. The van der Waals surface area contributed by atoms with E-state index in [2.05, 4.69) is 64.8 Å². The average molecular weight is 712 g/mol. The first-order chi connectivity index (χ1) is 25.5. The summed E-state index contributed by atoms with van der Waals surface area (Å²) < 4.78 is 0. The molecule has 0 saturated carbocycles. The van der Waals surface area contributed by atoms with Crippen LogP contribution in [0.2, 0.25) is 0 Å². The van der Waals surface area contributed by atoms with Gasteiger partial charge in [-0.3, -0.25) is 29.3 Å². The first-order valence-corrected chi connectivity index (χ1v) is 18.3. The highest BCUT2D eigenvalue weighted by molar-refractivity contribution is 6.20. The Kier molecular flexibility index (Phi) is 8.32. The van der Waals surface area contributed by atoms with E-state index in [1.807, 2.05) is 12.1 Å². The van der Waals surface area contributed by atoms with Gasteiger partial charge in [0.15, 0.2) is 5.78 Å². The number of aromatic nitrogens is 1. The van der Waals surface area contributed by atoms with Gasteiger partial charge in [-0.1, -0.05) is 32.9 Å². The lowest BCUT2D eigenvalue weighted by Gasteiger charge is -2.38. The Morgan fingerprint density at radius 2 is 1.81 bits per heavy atom. The minimum absolute atomic E-state index is 0.000241. The topological polar surface area (TPSA) is 167 Å². The summed E-state index contributed by atoms with van der Waals surface area (Å²) in [5, 5.41) is 19.0. The van der Waals surface area contributed by atoms with E-state index >= 15 is 0 Å². The van der Waals surface area contributed by atoms with Crippen molar-refractivity contribution < 1.29 is 24.0 Å². The number of nitrogens with one attached hydrogen (secondary N) is 4.